The average Bonchev–Trinajstić information content (AvgIpc) is 2.96. The quantitative estimate of drug-likeness (QED) is 0.876. The second-order valence-corrected chi connectivity index (χ2v) is 5.78. The lowest BCUT2D eigenvalue weighted by atomic mass is 10.0. The molecule has 1 saturated heterocycles. The van der Waals surface area contributed by atoms with E-state index in [9.17, 15) is 4.79 Å². The molecule has 0 aromatic carbocycles. The van der Waals surface area contributed by atoms with Gasteiger partial charge in [0.1, 0.15) is 10.5 Å². The molecule has 0 aliphatic carbocycles. The Labute approximate surface area is 108 Å². The summed E-state index contributed by atoms with van der Waals surface area (Å²) in [7, 11) is 0. The number of nitrogens with zero attached hydrogens (tertiary/aromatic N) is 1. The van der Waals surface area contributed by atoms with Crippen LogP contribution in [-0.4, -0.2) is 28.7 Å². The Morgan fingerprint density at radius 1 is 1.67 bits per heavy atom. The molecule has 0 spiro atoms. The fourth-order valence-corrected chi connectivity index (χ4v) is 2.83. The zero-order valence-corrected chi connectivity index (χ0v) is 11.0. The third-order valence-electron chi connectivity index (χ3n) is 3.27. The summed E-state index contributed by atoms with van der Waals surface area (Å²) in [6, 6.07) is 1.87. The topological polar surface area (TPSA) is 67.0 Å². The highest BCUT2D eigenvalue weighted by Crippen LogP contribution is 2.18. The van der Waals surface area contributed by atoms with Crippen molar-refractivity contribution in [3.63, 3.8) is 0 Å². The predicted octanol–water partition coefficient (Wildman–Crippen LogP) is 1.25. The number of hydrogen-bond donors (Lipinski definition) is 2. The van der Waals surface area contributed by atoms with Gasteiger partial charge in [0.2, 0.25) is 0 Å². The van der Waals surface area contributed by atoms with Crippen molar-refractivity contribution in [2.75, 3.05) is 13.2 Å². The number of aromatic nitrogens is 2. The van der Waals surface area contributed by atoms with Crippen molar-refractivity contribution < 1.29 is 4.74 Å². The van der Waals surface area contributed by atoms with Crippen LogP contribution in [0.25, 0.3) is 10.2 Å². The first-order valence-electron chi connectivity index (χ1n) is 5.95. The van der Waals surface area contributed by atoms with Crippen molar-refractivity contribution in [2.24, 2.45) is 0 Å². The van der Waals surface area contributed by atoms with Crippen LogP contribution in [0.4, 0.5) is 0 Å². The lowest BCUT2D eigenvalue weighted by Crippen LogP contribution is -2.42. The fourth-order valence-electron chi connectivity index (χ4n) is 2.11. The molecule has 1 unspecified atom stereocenters. The average molecular weight is 265 g/mol. The number of ether oxygens (including phenoxy) is 1. The Morgan fingerprint density at radius 3 is 3.33 bits per heavy atom. The van der Waals surface area contributed by atoms with E-state index >= 15 is 0 Å². The summed E-state index contributed by atoms with van der Waals surface area (Å²) < 4.78 is 6.07. The van der Waals surface area contributed by atoms with E-state index in [2.05, 4.69) is 22.2 Å². The molecule has 5 nitrogen and oxygen atoms in total. The van der Waals surface area contributed by atoms with Crippen molar-refractivity contribution in [1.82, 2.24) is 15.3 Å². The van der Waals surface area contributed by atoms with Gasteiger partial charge in [0.25, 0.3) is 5.56 Å². The van der Waals surface area contributed by atoms with E-state index in [1.165, 1.54) is 11.3 Å². The maximum atomic E-state index is 11.8. The molecule has 1 aliphatic rings. The molecule has 0 amide bonds. The minimum atomic E-state index is -0.0559. The Balaban J connectivity index is 1.80. The molecule has 18 heavy (non-hydrogen) atoms. The highest BCUT2D eigenvalue weighted by Gasteiger charge is 2.28. The van der Waals surface area contributed by atoms with Gasteiger partial charge in [0.05, 0.1) is 18.7 Å². The third kappa shape index (κ3) is 2.19. The molecule has 0 saturated carbocycles. The molecule has 2 aromatic rings. The normalized spacial score (nSPS) is 23.8. The van der Waals surface area contributed by atoms with Gasteiger partial charge in [0, 0.05) is 12.1 Å². The number of H-pyrrole nitrogens is 1. The molecule has 3 heterocycles. The van der Waals surface area contributed by atoms with Crippen LogP contribution < -0.4 is 10.9 Å². The van der Waals surface area contributed by atoms with Crippen LogP contribution in [0.1, 0.15) is 19.2 Å². The van der Waals surface area contributed by atoms with Crippen LogP contribution in [0.5, 0.6) is 0 Å². The second-order valence-electron chi connectivity index (χ2n) is 4.86. The molecular formula is C12H15N3O2S. The largest absolute Gasteiger partial charge is 0.379 e. The van der Waals surface area contributed by atoms with Gasteiger partial charge < -0.3 is 15.0 Å². The molecule has 2 aromatic heterocycles. The zero-order valence-electron chi connectivity index (χ0n) is 10.2. The maximum Gasteiger partial charge on any atom is 0.268 e. The second kappa shape index (κ2) is 4.46. The van der Waals surface area contributed by atoms with Crippen molar-refractivity contribution in [1.29, 1.82) is 0 Å². The molecule has 1 aliphatic heterocycles. The highest BCUT2D eigenvalue weighted by atomic mass is 32.1. The smallest absolute Gasteiger partial charge is 0.268 e. The van der Waals surface area contributed by atoms with Crippen molar-refractivity contribution in [3.05, 3.63) is 27.6 Å². The monoisotopic (exact) mass is 265 g/mol. The van der Waals surface area contributed by atoms with Crippen molar-refractivity contribution in [2.45, 2.75) is 25.4 Å². The summed E-state index contributed by atoms with van der Waals surface area (Å²) in [5.41, 5.74) is 0.704. The summed E-state index contributed by atoms with van der Waals surface area (Å²) in [6.45, 7) is 4.18. The lowest BCUT2D eigenvalue weighted by molar-refractivity contribution is 0.171. The van der Waals surface area contributed by atoms with E-state index < -0.39 is 0 Å². The Kier molecular flexibility index (Phi) is 2.93. The minimum Gasteiger partial charge on any atom is -0.379 e. The minimum absolute atomic E-state index is 0.0117. The maximum absolute atomic E-state index is 11.8. The Hall–Kier alpha value is -1.24. The third-order valence-corrected chi connectivity index (χ3v) is 4.17. The standard InChI is InChI=1S/C12H15N3O2S/c1-12(3-4-17-7-12)13-6-9-14-8-2-5-18-10(8)11(16)15-9/h2,5,13H,3-4,6-7H2,1H3,(H,14,15,16). The Bertz CT molecular complexity index is 613. The van der Waals surface area contributed by atoms with Gasteiger partial charge in [-0.1, -0.05) is 0 Å². The van der Waals surface area contributed by atoms with Gasteiger partial charge in [-0.2, -0.15) is 0 Å². The fraction of sp³-hybridized carbons (Fsp3) is 0.500. The van der Waals surface area contributed by atoms with Crippen molar-refractivity contribution >= 4 is 21.6 Å². The number of nitrogens with one attached hydrogen (secondary N) is 2. The summed E-state index contributed by atoms with van der Waals surface area (Å²) >= 11 is 1.42. The SMILES string of the molecule is CC1(NCc2nc3ccsc3c(=O)[nH]2)CCOC1. The van der Waals surface area contributed by atoms with Gasteiger partial charge in [-0.15, -0.1) is 11.3 Å². The number of rotatable bonds is 3. The van der Waals surface area contributed by atoms with Crippen LogP contribution in [-0.2, 0) is 11.3 Å². The van der Waals surface area contributed by atoms with Crippen LogP contribution in [0, 0.1) is 0 Å². The molecule has 3 rings (SSSR count). The molecule has 0 radical (unpaired) electrons. The van der Waals surface area contributed by atoms with Crippen molar-refractivity contribution in [3.8, 4) is 0 Å². The number of fused-ring (bicyclic) bond motifs is 1. The molecule has 6 heteroatoms. The van der Waals surface area contributed by atoms with Crippen LogP contribution in [0.2, 0.25) is 0 Å². The summed E-state index contributed by atoms with van der Waals surface area (Å²) in [4.78, 5) is 19.1. The van der Waals surface area contributed by atoms with E-state index in [1.807, 2.05) is 11.4 Å². The number of hydrogen-bond acceptors (Lipinski definition) is 5. The number of aromatic amines is 1. The van der Waals surface area contributed by atoms with Crippen LogP contribution in [0.3, 0.4) is 0 Å². The molecule has 2 N–H and O–H groups in total. The molecule has 1 fully saturated rings. The van der Waals surface area contributed by atoms with E-state index in [0.717, 1.165) is 18.5 Å². The summed E-state index contributed by atoms with van der Waals surface area (Å²) in [5.74, 6) is 0.680. The zero-order chi connectivity index (χ0) is 12.6. The first-order valence-corrected chi connectivity index (χ1v) is 6.83. The Morgan fingerprint density at radius 2 is 2.56 bits per heavy atom. The molecule has 0 bridgehead atoms. The van der Waals surface area contributed by atoms with Gasteiger partial charge in [-0.3, -0.25) is 4.79 Å². The lowest BCUT2D eigenvalue weighted by Gasteiger charge is -2.23. The van der Waals surface area contributed by atoms with Gasteiger partial charge in [-0.05, 0) is 24.8 Å². The highest BCUT2D eigenvalue weighted by molar-refractivity contribution is 7.17. The van der Waals surface area contributed by atoms with E-state index in [-0.39, 0.29) is 11.1 Å². The predicted molar refractivity (Wildman–Crippen MR) is 70.9 cm³/mol. The van der Waals surface area contributed by atoms with Crippen LogP contribution in [0.15, 0.2) is 16.2 Å². The molecule has 1 atom stereocenters. The van der Waals surface area contributed by atoms with Gasteiger partial charge >= 0.3 is 0 Å². The first kappa shape index (κ1) is 11.8. The van der Waals surface area contributed by atoms with E-state index in [4.69, 9.17) is 4.74 Å². The van der Waals surface area contributed by atoms with Gasteiger partial charge in [-0.25, -0.2) is 4.98 Å². The first-order chi connectivity index (χ1) is 8.66. The number of thiophene rings is 1. The molecular weight excluding hydrogens is 250 g/mol. The molecule has 96 valence electrons. The summed E-state index contributed by atoms with van der Waals surface area (Å²) in [5, 5.41) is 5.29. The van der Waals surface area contributed by atoms with Gasteiger partial charge in [0.15, 0.2) is 0 Å². The summed E-state index contributed by atoms with van der Waals surface area (Å²) in [6.07, 6.45) is 0.984. The van der Waals surface area contributed by atoms with E-state index in [0.29, 0.717) is 23.7 Å². The van der Waals surface area contributed by atoms with Crippen LogP contribution >= 0.6 is 11.3 Å². The van der Waals surface area contributed by atoms with E-state index in [1.54, 1.807) is 0 Å².